The van der Waals surface area contributed by atoms with Gasteiger partial charge in [0.1, 0.15) is 6.10 Å². The molecule has 3 rings (SSSR count). The van der Waals surface area contributed by atoms with Crippen molar-refractivity contribution in [1.82, 2.24) is 0 Å². The number of hydrogen-bond acceptors (Lipinski definition) is 2. The van der Waals surface area contributed by atoms with Crippen LogP contribution in [0.4, 0.5) is 0 Å². The van der Waals surface area contributed by atoms with Crippen LogP contribution < -0.4 is 0 Å². The van der Waals surface area contributed by atoms with Crippen molar-refractivity contribution in [2.75, 3.05) is 0 Å². The highest BCUT2D eigenvalue weighted by atomic mass is 79.9. The highest BCUT2D eigenvalue weighted by Crippen LogP contribution is 2.41. The molecule has 1 unspecified atom stereocenters. The van der Waals surface area contributed by atoms with E-state index in [1.54, 1.807) is 11.3 Å². The topological polar surface area (TPSA) is 20.2 Å². The zero-order chi connectivity index (χ0) is 12.5. The summed E-state index contributed by atoms with van der Waals surface area (Å²) in [5, 5.41) is 10.5. The molecule has 0 amide bonds. The van der Waals surface area contributed by atoms with Crippen molar-refractivity contribution in [3.63, 3.8) is 0 Å². The summed E-state index contributed by atoms with van der Waals surface area (Å²) in [6.45, 7) is 0. The summed E-state index contributed by atoms with van der Waals surface area (Å²) < 4.78 is 1.07. The van der Waals surface area contributed by atoms with Crippen molar-refractivity contribution in [1.29, 1.82) is 0 Å². The molecule has 1 N–H and O–H groups in total. The van der Waals surface area contributed by atoms with Gasteiger partial charge in [0.15, 0.2) is 0 Å². The van der Waals surface area contributed by atoms with Crippen molar-refractivity contribution >= 4 is 27.3 Å². The highest BCUT2D eigenvalue weighted by Gasteiger charge is 2.25. The van der Waals surface area contributed by atoms with Crippen LogP contribution in [0.1, 0.15) is 47.3 Å². The molecule has 0 radical (unpaired) electrons. The first kappa shape index (κ1) is 12.4. The minimum absolute atomic E-state index is 0.488. The Labute approximate surface area is 120 Å². The zero-order valence-corrected chi connectivity index (χ0v) is 12.4. The first-order valence-corrected chi connectivity index (χ1v) is 7.89. The van der Waals surface area contributed by atoms with E-state index in [2.05, 4.69) is 34.1 Å². The van der Waals surface area contributed by atoms with Crippen molar-refractivity contribution in [3.05, 3.63) is 56.2 Å². The van der Waals surface area contributed by atoms with Crippen LogP contribution in [0.2, 0.25) is 0 Å². The second-order valence-electron chi connectivity index (χ2n) is 4.80. The van der Waals surface area contributed by atoms with E-state index in [-0.39, 0.29) is 0 Å². The van der Waals surface area contributed by atoms with Gasteiger partial charge >= 0.3 is 0 Å². The molecule has 94 valence electrons. The van der Waals surface area contributed by atoms with Crippen LogP contribution in [0.5, 0.6) is 0 Å². The van der Waals surface area contributed by atoms with E-state index in [9.17, 15) is 5.11 Å². The summed E-state index contributed by atoms with van der Waals surface area (Å²) in [6, 6.07) is 12.3. The highest BCUT2D eigenvalue weighted by molar-refractivity contribution is 9.11. The Morgan fingerprint density at radius 3 is 2.56 bits per heavy atom. The summed E-state index contributed by atoms with van der Waals surface area (Å²) in [5.41, 5.74) is 2.41. The van der Waals surface area contributed by atoms with E-state index >= 15 is 0 Å². The summed E-state index contributed by atoms with van der Waals surface area (Å²) >= 11 is 5.06. The molecule has 1 fully saturated rings. The molecule has 1 aliphatic rings. The summed E-state index contributed by atoms with van der Waals surface area (Å²) in [6.07, 6.45) is 3.35. The standard InChI is InChI=1S/C15H15BrOS/c16-14-9-8-13(18-14)15(17)12-7-2-1-6-11(12)10-4-3-5-10/h1-2,6-10,15,17H,3-5H2. The van der Waals surface area contributed by atoms with Gasteiger partial charge in [-0.25, -0.2) is 0 Å². The third-order valence-corrected chi connectivity index (χ3v) is 5.38. The molecule has 0 saturated heterocycles. The van der Waals surface area contributed by atoms with Crippen LogP contribution in [0.25, 0.3) is 0 Å². The number of hydrogen-bond donors (Lipinski definition) is 1. The fourth-order valence-corrected chi connectivity index (χ4v) is 3.91. The van der Waals surface area contributed by atoms with Crippen LogP contribution in [-0.2, 0) is 0 Å². The van der Waals surface area contributed by atoms with Gasteiger partial charge < -0.3 is 5.11 Å². The molecule has 0 spiro atoms. The molecule has 0 bridgehead atoms. The van der Waals surface area contributed by atoms with Crippen molar-refractivity contribution < 1.29 is 5.11 Å². The summed E-state index contributed by atoms with van der Waals surface area (Å²) in [7, 11) is 0. The van der Waals surface area contributed by atoms with E-state index in [4.69, 9.17) is 0 Å². The van der Waals surface area contributed by atoms with Gasteiger partial charge in [0.25, 0.3) is 0 Å². The predicted molar refractivity (Wildman–Crippen MR) is 79.1 cm³/mol. The molecule has 2 aromatic rings. The van der Waals surface area contributed by atoms with Gasteiger partial charge in [0, 0.05) is 4.88 Å². The van der Waals surface area contributed by atoms with Crippen molar-refractivity contribution in [2.24, 2.45) is 0 Å². The largest absolute Gasteiger partial charge is 0.383 e. The number of aliphatic hydroxyl groups is 1. The molecule has 1 atom stereocenters. The lowest BCUT2D eigenvalue weighted by Gasteiger charge is -2.29. The molecule has 18 heavy (non-hydrogen) atoms. The molecule has 1 aliphatic carbocycles. The minimum atomic E-state index is -0.488. The van der Waals surface area contributed by atoms with Gasteiger partial charge in [0.05, 0.1) is 3.79 Å². The van der Waals surface area contributed by atoms with E-state index < -0.39 is 6.10 Å². The Kier molecular flexibility index (Phi) is 3.55. The van der Waals surface area contributed by atoms with Gasteiger partial charge in [-0.05, 0) is 57.9 Å². The van der Waals surface area contributed by atoms with Crippen LogP contribution >= 0.6 is 27.3 Å². The van der Waals surface area contributed by atoms with Crippen LogP contribution in [0.3, 0.4) is 0 Å². The maximum Gasteiger partial charge on any atom is 0.113 e. The lowest BCUT2D eigenvalue weighted by atomic mass is 9.77. The fourth-order valence-electron chi connectivity index (χ4n) is 2.48. The fraction of sp³-hybridized carbons (Fsp3) is 0.333. The normalized spacial score (nSPS) is 17.4. The molecule has 1 heterocycles. The molecule has 1 saturated carbocycles. The first-order chi connectivity index (χ1) is 8.75. The molecule has 0 aliphatic heterocycles. The maximum atomic E-state index is 10.5. The Bertz CT molecular complexity index is 545. The first-order valence-electron chi connectivity index (χ1n) is 6.28. The Morgan fingerprint density at radius 1 is 1.17 bits per heavy atom. The van der Waals surface area contributed by atoms with Gasteiger partial charge in [-0.15, -0.1) is 11.3 Å². The number of thiophene rings is 1. The lowest BCUT2D eigenvalue weighted by Crippen LogP contribution is -2.13. The zero-order valence-electron chi connectivity index (χ0n) is 9.97. The van der Waals surface area contributed by atoms with E-state index in [0.29, 0.717) is 5.92 Å². The van der Waals surface area contributed by atoms with E-state index in [1.165, 1.54) is 24.8 Å². The van der Waals surface area contributed by atoms with E-state index in [0.717, 1.165) is 14.2 Å². The van der Waals surface area contributed by atoms with Gasteiger partial charge in [-0.1, -0.05) is 30.7 Å². The summed E-state index contributed by atoms with van der Waals surface area (Å²) in [4.78, 5) is 1.01. The van der Waals surface area contributed by atoms with Crippen LogP contribution in [0, 0.1) is 0 Å². The summed E-state index contributed by atoms with van der Waals surface area (Å²) in [5.74, 6) is 0.652. The number of benzene rings is 1. The molecular formula is C15H15BrOS. The Morgan fingerprint density at radius 2 is 1.94 bits per heavy atom. The van der Waals surface area contributed by atoms with Crippen LogP contribution in [-0.4, -0.2) is 5.11 Å². The molecule has 1 nitrogen and oxygen atoms in total. The Hall–Kier alpha value is -0.640. The van der Waals surface area contributed by atoms with Gasteiger partial charge in [-0.2, -0.15) is 0 Å². The smallest absolute Gasteiger partial charge is 0.113 e. The lowest BCUT2D eigenvalue weighted by molar-refractivity contribution is 0.221. The third-order valence-electron chi connectivity index (χ3n) is 3.70. The number of rotatable bonds is 3. The quantitative estimate of drug-likeness (QED) is 0.855. The second kappa shape index (κ2) is 5.16. The maximum absolute atomic E-state index is 10.5. The minimum Gasteiger partial charge on any atom is -0.383 e. The predicted octanol–water partition coefficient (Wildman–Crippen LogP) is 4.86. The van der Waals surface area contributed by atoms with Crippen LogP contribution in [0.15, 0.2) is 40.2 Å². The third kappa shape index (κ3) is 2.27. The molecule has 3 heteroatoms. The van der Waals surface area contributed by atoms with Crippen molar-refractivity contribution in [3.8, 4) is 0 Å². The SMILES string of the molecule is OC(c1ccc(Br)s1)c1ccccc1C1CCC1. The number of aliphatic hydroxyl groups excluding tert-OH is 1. The van der Waals surface area contributed by atoms with E-state index in [1.807, 2.05) is 18.2 Å². The second-order valence-corrected chi connectivity index (χ2v) is 7.30. The Balaban J connectivity index is 1.95. The molecular weight excluding hydrogens is 308 g/mol. The molecule has 1 aromatic heterocycles. The monoisotopic (exact) mass is 322 g/mol. The number of halogens is 1. The van der Waals surface area contributed by atoms with Gasteiger partial charge in [0.2, 0.25) is 0 Å². The van der Waals surface area contributed by atoms with Crippen molar-refractivity contribution in [2.45, 2.75) is 31.3 Å². The average Bonchev–Trinajstić information content (AvgIpc) is 2.74. The average molecular weight is 323 g/mol. The molecule has 1 aromatic carbocycles. The van der Waals surface area contributed by atoms with Gasteiger partial charge in [-0.3, -0.25) is 0 Å².